The highest BCUT2D eigenvalue weighted by Gasteiger charge is 2.16. The maximum atomic E-state index is 6.21. The van der Waals surface area contributed by atoms with Crippen molar-refractivity contribution in [3.05, 3.63) is 41.0 Å². The molecule has 0 spiro atoms. The Morgan fingerprint density at radius 1 is 1.29 bits per heavy atom. The fourth-order valence-electron chi connectivity index (χ4n) is 2.08. The molecule has 6 heteroatoms. The van der Waals surface area contributed by atoms with Gasteiger partial charge >= 0.3 is 0 Å². The Bertz CT molecular complexity index is 632. The van der Waals surface area contributed by atoms with Gasteiger partial charge in [-0.25, -0.2) is 4.98 Å². The second-order valence-electron chi connectivity index (χ2n) is 4.54. The topological polar surface area (TPSA) is 52.6 Å². The van der Waals surface area contributed by atoms with Gasteiger partial charge in [-0.2, -0.15) is 0 Å². The van der Waals surface area contributed by atoms with Gasteiger partial charge in [0.15, 0.2) is 11.5 Å². The molecule has 0 atom stereocenters. The van der Waals surface area contributed by atoms with Crippen LogP contribution in [0.5, 0.6) is 17.4 Å². The highest BCUT2D eigenvalue weighted by molar-refractivity contribution is 6.32. The summed E-state index contributed by atoms with van der Waals surface area (Å²) in [6.45, 7) is 1.69. The quantitative estimate of drug-likeness (QED) is 0.940. The monoisotopic (exact) mass is 306 g/mol. The summed E-state index contributed by atoms with van der Waals surface area (Å²) in [4.78, 5) is 4.14. The van der Waals surface area contributed by atoms with Crippen molar-refractivity contribution in [2.24, 2.45) is 0 Å². The van der Waals surface area contributed by atoms with Crippen LogP contribution >= 0.6 is 11.6 Å². The molecule has 0 fully saturated rings. The molecule has 5 nitrogen and oxygen atoms in total. The van der Waals surface area contributed by atoms with Crippen molar-refractivity contribution in [2.45, 2.75) is 6.54 Å². The molecule has 1 N–H and O–H groups in total. The zero-order chi connectivity index (χ0) is 14.7. The third-order valence-corrected chi connectivity index (χ3v) is 3.38. The number of benzene rings is 1. The van der Waals surface area contributed by atoms with Gasteiger partial charge in [0.05, 0.1) is 24.0 Å². The number of hydrogen-bond acceptors (Lipinski definition) is 5. The molecule has 0 radical (unpaired) electrons. The van der Waals surface area contributed by atoms with Gasteiger partial charge in [0.25, 0.3) is 0 Å². The van der Waals surface area contributed by atoms with Crippen molar-refractivity contribution >= 4 is 17.3 Å². The van der Waals surface area contributed by atoms with Crippen molar-refractivity contribution < 1.29 is 14.2 Å². The van der Waals surface area contributed by atoms with Crippen LogP contribution in [0.15, 0.2) is 30.5 Å². The van der Waals surface area contributed by atoms with E-state index in [2.05, 4.69) is 10.3 Å². The minimum Gasteiger partial charge on any atom is -0.486 e. The smallest absolute Gasteiger partial charge is 0.213 e. The van der Waals surface area contributed by atoms with Gasteiger partial charge in [0.2, 0.25) is 5.88 Å². The molecule has 0 unspecified atom stereocenters. The van der Waals surface area contributed by atoms with Crippen LogP contribution in [-0.2, 0) is 6.54 Å². The summed E-state index contributed by atoms with van der Waals surface area (Å²) in [5.74, 6) is 1.90. The first-order valence-corrected chi connectivity index (χ1v) is 6.96. The number of ether oxygens (including phenoxy) is 3. The van der Waals surface area contributed by atoms with Crippen LogP contribution in [0.4, 0.5) is 5.69 Å². The van der Waals surface area contributed by atoms with E-state index < -0.39 is 0 Å². The number of fused-ring (bicyclic) bond motifs is 1. The van der Waals surface area contributed by atoms with Crippen LogP contribution in [0.1, 0.15) is 5.56 Å². The van der Waals surface area contributed by atoms with E-state index in [1.807, 2.05) is 18.2 Å². The molecule has 1 aromatic carbocycles. The Kier molecular flexibility index (Phi) is 4.01. The van der Waals surface area contributed by atoms with Gasteiger partial charge in [-0.15, -0.1) is 0 Å². The average Bonchev–Trinajstić information content (AvgIpc) is 2.53. The lowest BCUT2D eigenvalue weighted by molar-refractivity contribution is 0.171. The molecule has 2 aromatic rings. The van der Waals surface area contributed by atoms with Gasteiger partial charge in [-0.3, -0.25) is 0 Å². The number of nitrogens with zero attached hydrogens (tertiary/aromatic N) is 1. The Labute approximate surface area is 127 Å². The van der Waals surface area contributed by atoms with Crippen molar-refractivity contribution in [3.8, 4) is 17.4 Å². The van der Waals surface area contributed by atoms with Crippen LogP contribution in [0, 0.1) is 0 Å². The molecule has 3 rings (SSSR count). The van der Waals surface area contributed by atoms with Crippen LogP contribution in [0.25, 0.3) is 0 Å². The normalized spacial score (nSPS) is 12.9. The largest absolute Gasteiger partial charge is 0.486 e. The van der Waals surface area contributed by atoms with Crippen LogP contribution in [0.3, 0.4) is 0 Å². The van der Waals surface area contributed by atoms with Gasteiger partial charge in [-0.05, 0) is 23.8 Å². The van der Waals surface area contributed by atoms with Crippen molar-refractivity contribution in [2.75, 3.05) is 25.6 Å². The molecular weight excluding hydrogens is 292 g/mol. The van der Waals surface area contributed by atoms with E-state index in [0.717, 1.165) is 11.3 Å². The zero-order valence-corrected chi connectivity index (χ0v) is 12.3. The SMILES string of the molecule is COc1ccc(NCc2cc(Cl)c3c(c2)OCCO3)cn1. The summed E-state index contributed by atoms with van der Waals surface area (Å²) >= 11 is 6.21. The van der Waals surface area contributed by atoms with Crippen molar-refractivity contribution in [1.82, 2.24) is 4.98 Å². The highest BCUT2D eigenvalue weighted by atomic mass is 35.5. The number of pyridine rings is 1. The van der Waals surface area contributed by atoms with Crippen molar-refractivity contribution in [3.63, 3.8) is 0 Å². The minimum atomic E-state index is 0.530. The Balaban J connectivity index is 1.71. The van der Waals surface area contributed by atoms with E-state index in [1.165, 1.54) is 0 Å². The third kappa shape index (κ3) is 3.13. The number of methoxy groups -OCH3 is 1. The molecular formula is C15H15ClN2O3. The Morgan fingerprint density at radius 3 is 2.90 bits per heavy atom. The highest BCUT2D eigenvalue weighted by Crippen LogP contribution is 2.38. The van der Waals surface area contributed by atoms with Crippen molar-refractivity contribution in [1.29, 1.82) is 0 Å². The number of anilines is 1. The fourth-order valence-corrected chi connectivity index (χ4v) is 2.36. The average molecular weight is 307 g/mol. The van der Waals surface area contributed by atoms with Gasteiger partial charge < -0.3 is 19.5 Å². The van der Waals surface area contributed by atoms with Crippen LogP contribution in [0.2, 0.25) is 5.02 Å². The lowest BCUT2D eigenvalue weighted by Gasteiger charge is -2.20. The van der Waals surface area contributed by atoms with Crippen LogP contribution in [-0.4, -0.2) is 25.3 Å². The van der Waals surface area contributed by atoms with E-state index in [1.54, 1.807) is 19.4 Å². The molecule has 1 aromatic heterocycles. The second-order valence-corrected chi connectivity index (χ2v) is 4.95. The first-order chi connectivity index (χ1) is 10.3. The van der Waals surface area contributed by atoms with Crippen LogP contribution < -0.4 is 19.5 Å². The third-order valence-electron chi connectivity index (χ3n) is 3.10. The lowest BCUT2D eigenvalue weighted by atomic mass is 10.2. The Morgan fingerprint density at radius 2 is 2.14 bits per heavy atom. The molecule has 110 valence electrons. The molecule has 1 aliphatic heterocycles. The molecule has 0 bridgehead atoms. The van der Waals surface area contributed by atoms with Gasteiger partial charge in [0.1, 0.15) is 13.2 Å². The predicted octanol–water partition coefficient (Wildman–Crippen LogP) is 3.13. The first-order valence-electron chi connectivity index (χ1n) is 6.58. The molecule has 2 heterocycles. The van der Waals surface area contributed by atoms with Gasteiger partial charge in [0, 0.05) is 12.6 Å². The lowest BCUT2D eigenvalue weighted by Crippen LogP contribution is -2.16. The number of halogens is 1. The summed E-state index contributed by atoms with van der Waals surface area (Å²) in [6.07, 6.45) is 1.72. The van der Waals surface area contributed by atoms with E-state index in [0.29, 0.717) is 42.2 Å². The molecule has 0 amide bonds. The Hall–Kier alpha value is -2.14. The molecule has 0 saturated carbocycles. The first kappa shape index (κ1) is 13.8. The summed E-state index contributed by atoms with van der Waals surface area (Å²) < 4.78 is 16.1. The van der Waals surface area contributed by atoms with Gasteiger partial charge in [-0.1, -0.05) is 11.6 Å². The summed E-state index contributed by atoms with van der Waals surface area (Å²) in [6, 6.07) is 7.52. The van der Waals surface area contributed by atoms with E-state index in [9.17, 15) is 0 Å². The fraction of sp³-hybridized carbons (Fsp3) is 0.267. The van der Waals surface area contributed by atoms with E-state index >= 15 is 0 Å². The van der Waals surface area contributed by atoms with E-state index in [-0.39, 0.29) is 0 Å². The maximum Gasteiger partial charge on any atom is 0.213 e. The number of hydrogen-bond donors (Lipinski definition) is 1. The second kappa shape index (κ2) is 6.10. The maximum absolute atomic E-state index is 6.21. The molecule has 21 heavy (non-hydrogen) atoms. The summed E-state index contributed by atoms with van der Waals surface area (Å²) in [7, 11) is 1.59. The predicted molar refractivity (Wildman–Crippen MR) is 80.6 cm³/mol. The molecule has 0 aliphatic carbocycles. The number of aromatic nitrogens is 1. The molecule has 0 saturated heterocycles. The van der Waals surface area contributed by atoms with E-state index in [4.69, 9.17) is 25.8 Å². The minimum absolute atomic E-state index is 0.530. The number of rotatable bonds is 4. The summed E-state index contributed by atoms with van der Waals surface area (Å²) in [5, 5.41) is 3.84. The molecule has 1 aliphatic rings. The zero-order valence-electron chi connectivity index (χ0n) is 11.6. The number of nitrogens with one attached hydrogen (secondary N) is 1. The summed E-state index contributed by atoms with van der Waals surface area (Å²) in [5.41, 5.74) is 1.92. The standard InChI is InChI=1S/C15H15ClN2O3/c1-19-14-3-2-11(9-18-14)17-8-10-6-12(16)15-13(7-10)20-4-5-21-15/h2-3,6-7,9,17H,4-5,8H2,1H3.